The van der Waals surface area contributed by atoms with Gasteiger partial charge in [0.25, 0.3) is 0 Å². The van der Waals surface area contributed by atoms with Gasteiger partial charge in [-0.25, -0.2) is 4.39 Å². The van der Waals surface area contributed by atoms with E-state index in [-0.39, 0.29) is 12.4 Å². The molecule has 5 nitrogen and oxygen atoms in total. The molecule has 25 heavy (non-hydrogen) atoms. The molecule has 0 atom stereocenters. The second kappa shape index (κ2) is 9.58. The number of ether oxygens (including phenoxy) is 2. The Labute approximate surface area is 151 Å². The van der Waals surface area contributed by atoms with Gasteiger partial charge < -0.3 is 14.8 Å². The van der Waals surface area contributed by atoms with Crippen molar-refractivity contribution < 1.29 is 13.9 Å². The van der Waals surface area contributed by atoms with Gasteiger partial charge in [-0.2, -0.15) is 5.10 Å². The molecule has 0 aromatic heterocycles. The molecule has 0 aliphatic heterocycles. The van der Waals surface area contributed by atoms with Crippen molar-refractivity contribution in [3.05, 3.63) is 59.4 Å². The second-order valence-electron chi connectivity index (χ2n) is 5.02. The van der Waals surface area contributed by atoms with Gasteiger partial charge in [-0.05, 0) is 49.0 Å². The molecule has 0 aliphatic rings. The van der Waals surface area contributed by atoms with Crippen LogP contribution in [0.5, 0.6) is 11.5 Å². The number of hydrogen-bond donors (Lipinski definition) is 2. The standard InChI is InChI=1S/C18H20FN3O2S/c1-3-20-18(25)22-21-11-13-8-9-16(17(10-13)23-2)24-12-14-6-4-5-7-15(14)19/h4-11H,3,12H2,1-2H3,(H2,20,22,25)/b21-11-. The van der Waals surface area contributed by atoms with Crippen LogP contribution in [0.4, 0.5) is 4.39 Å². The quantitative estimate of drug-likeness (QED) is 0.450. The fraction of sp³-hybridized carbons (Fsp3) is 0.222. The van der Waals surface area contributed by atoms with Gasteiger partial charge in [0.15, 0.2) is 16.6 Å². The minimum Gasteiger partial charge on any atom is -0.493 e. The summed E-state index contributed by atoms with van der Waals surface area (Å²) >= 11 is 5.02. The van der Waals surface area contributed by atoms with Gasteiger partial charge in [-0.15, -0.1) is 0 Å². The molecule has 0 fully saturated rings. The number of rotatable bonds is 7. The van der Waals surface area contributed by atoms with Crippen molar-refractivity contribution in [2.45, 2.75) is 13.5 Å². The molecule has 2 aromatic carbocycles. The highest BCUT2D eigenvalue weighted by Gasteiger charge is 2.07. The van der Waals surface area contributed by atoms with Crippen LogP contribution in [0.1, 0.15) is 18.1 Å². The van der Waals surface area contributed by atoms with Crippen LogP contribution in [-0.4, -0.2) is 25.0 Å². The first-order valence-electron chi connectivity index (χ1n) is 7.75. The lowest BCUT2D eigenvalue weighted by Crippen LogP contribution is -2.31. The predicted molar refractivity (Wildman–Crippen MR) is 101 cm³/mol. The van der Waals surface area contributed by atoms with Gasteiger partial charge in [0.1, 0.15) is 12.4 Å². The molecule has 0 aliphatic carbocycles. The monoisotopic (exact) mass is 361 g/mol. The first kappa shape index (κ1) is 18.7. The topological polar surface area (TPSA) is 54.9 Å². The van der Waals surface area contributed by atoms with Gasteiger partial charge >= 0.3 is 0 Å². The molecule has 0 heterocycles. The second-order valence-corrected chi connectivity index (χ2v) is 5.43. The largest absolute Gasteiger partial charge is 0.493 e. The summed E-state index contributed by atoms with van der Waals surface area (Å²) in [7, 11) is 1.55. The third-order valence-electron chi connectivity index (χ3n) is 3.25. The van der Waals surface area contributed by atoms with E-state index in [1.54, 1.807) is 43.7 Å². The maximum Gasteiger partial charge on any atom is 0.186 e. The molecule has 0 radical (unpaired) electrons. The molecule has 2 rings (SSSR count). The molecule has 0 unspecified atom stereocenters. The zero-order chi connectivity index (χ0) is 18.1. The van der Waals surface area contributed by atoms with Gasteiger partial charge in [0, 0.05) is 12.1 Å². The van der Waals surface area contributed by atoms with Crippen LogP contribution in [0.15, 0.2) is 47.6 Å². The summed E-state index contributed by atoms with van der Waals surface area (Å²) in [5, 5.41) is 7.43. The van der Waals surface area contributed by atoms with Crippen molar-refractivity contribution in [1.29, 1.82) is 0 Å². The van der Waals surface area contributed by atoms with Crippen LogP contribution < -0.4 is 20.2 Å². The lowest BCUT2D eigenvalue weighted by molar-refractivity contribution is 0.279. The zero-order valence-corrected chi connectivity index (χ0v) is 14.9. The van der Waals surface area contributed by atoms with Crippen LogP contribution in [-0.2, 0) is 6.61 Å². The third-order valence-corrected chi connectivity index (χ3v) is 3.48. The number of nitrogens with zero attached hydrogens (tertiary/aromatic N) is 1. The molecular weight excluding hydrogens is 341 g/mol. The average molecular weight is 361 g/mol. The number of hydrazone groups is 1. The molecule has 0 bridgehead atoms. The lowest BCUT2D eigenvalue weighted by atomic mass is 10.2. The SMILES string of the molecule is CCNC(=S)N/N=C\c1ccc(OCc2ccccc2F)c(OC)c1. The fourth-order valence-corrected chi connectivity index (χ4v) is 2.22. The van der Waals surface area contributed by atoms with E-state index in [9.17, 15) is 4.39 Å². The Morgan fingerprint density at radius 1 is 1.24 bits per heavy atom. The van der Waals surface area contributed by atoms with Crippen LogP contribution in [0.25, 0.3) is 0 Å². The summed E-state index contributed by atoms with van der Waals surface area (Å²) in [5.74, 6) is 0.765. The fourth-order valence-electron chi connectivity index (χ4n) is 2.02. The van der Waals surface area contributed by atoms with Crippen LogP contribution in [0.3, 0.4) is 0 Å². The molecule has 132 valence electrons. The van der Waals surface area contributed by atoms with Gasteiger partial charge in [-0.3, -0.25) is 5.43 Å². The van der Waals surface area contributed by atoms with Gasteiger partial charge in [0.05, 0.1) is 13.3 Å². The number of hydrogen-bond acceptors (Lipinski definition) is 4. The molecule has 7 heteroatoms. The van der Waals surface area contributed by atoms with Crippen LogP contribution in [0.2, 0.25) is 0 Å². The van der Waals surface area contributed by atoms with E-state index in [1.807, 2.05) is 13.0 Å². The van der Waals surface area contributed by atoms with Crippen molar-refractivity contribution in [1.82, 2.24) is 10.7 Å². The molecule has 0 saturated carbocycles. The van der Waals surface area contributed by atoms with E-state index in [1.165, 1.54) is 6.07 Å². The Balaban J connectivity index is 2.02. The summed E-state index contributed by atoms with van der Waals surface area (Å²) < 4.78 is 24.6. The van der Waals surface area contributed by atoms with Gasteiger partial charge in [-0.1, -0.05) is 18.2 Å². The highest BCUT2D eigenvalue weighted by molar-refractivity contribution is 7.80. The smallest absolute Gasteiger partial charge is 0.186 e. The number of methoxy groups -OCH3 is 1. The van der Waals surface area contributed by atoms with Crippen LogP contribution in [0, 0.1) is 5.82 Å². The minimum atomic E-state index is -0.298. The number of benzene rings is 2. The van der Waals surface area contributed by atoms with E-state index in [0.29, 0.717) is 22.2 Å². The third kappa shape index (κ3) is 5.72. The number of nitrogens with one attached hydrogen (secondary N) is 2. The summed E-state index contributed by atoms with van der Waals surface area (Å²) in [6.45, 7) is 2.79. The van der Waals surface area contributed by atoms with E-state index in [0.717, 1.165) is 12.1 Å². The Hall–Kier alpha value is -2.67. The molecule has 2 aromatic rings. The van der Waals surface area contributed by atoms with Crippen LogP contribution >= 0.6 is 12.2 Å². The van der Waals surface area contributed by atoms with Gasteiger partial charge in [0.2, 0.25) is 0 Å². The Bertz CT molecular complexity index is 753. The maximum absolute atomic E-state index is 13.6. The first-order valence-corrected chi connectivity index (χ1v) is 8.16. The molecular formula is C18H20FN3O2S. The van der Waals surface area contributed by atoms with E-state index in [4.69, 9.17) is 21.7 Å². The van der Waals surface area contributed by atoms with E-state index >= 15 is 0 Å². The molecule has 0 amide bonds. The zero-order valence-electron chi connectivity index (χ0n) is 14.1. The average Bonchev–Trinajstić information content (AvgIpc) is 2.62. The molecule has 0 spiro atoms. The Morgan fingerprint density at radius 2 is 2.04 bits per heavy atom. The van der Waals surface area contributed by atoms with E-state index < -0.39 is 0 Å². The Kier molecular flexibility index (Phi) is 7.16. The summed E-state index contributed by atoms with van der Waals surface area (Å²) in [4.78, 5) is 0. The summed E-state index contributed by atoms with van der Waals surface area (Å²) in [6, 6.07) is 11.8. The predicted octanol–water partition coefficient (Wildman–Crippen LogP) is 3.23. The summed E-state index contributed by atoms with van der Waals surface area (Å²) in [5.41, 5.74) is 4.00. The lowest BCUT2D eigenvalue weighted by Gasteiger charge is -2.11. The normalized spacial score (nSPS) is 10.5. The van der Waals surface area contributed by atoms with E-state index in [2.05, 4.69) is 15.8 Å². The number of thiocarbonyl (C=S) groups is 1. The summed E-state index contributed by atoms with van der Waals surface area (Å²) in [6.07, 6.45) is 1.62. The van der Waals surface area contributed by atoms with Crippen molar-refractivity contribution in [2.24, 2.45) is 5.10 Å². The maximum atomic E-state index is 13.6. The van der Waals surface area contributed by atoms with Crippen molar-refractivity contribution >= 4 is 23.5 Å². The van der Waals surface area contributed by atoms with Crippen molar-refractivity contribution in [3.8, 4) is 11.5 Å². The van der Waals surface area contributed by atoms with Crippen molar-refractivity contribution in [2.75, 3.05) is 13.7 Å². The number of halogens is 1. The Morgan fingerprint density at radius 3 is 2.76 bits per heavy atom. The first-order chi connectivity index (χ1) is 12.1. The highest BCUT2D eigenvalue weighted by atomic mass is 32.1. The highest BCUT2D eigenvalue weighted by Crippen LogP contribution is 2.28. The molecule has 2 N–H and O–H groups in total. The van der Waals surface area contributed by atoms with Crippen molar-refractivity contribution in [3.63, 3.8) is 0 Å². The minimum absolute atomic E-state index is 0.120. The molecule has 0 saturated heterocycles.